The van der Waals surface area contributed by atoms with Crippen LogP contribution >= 0.6 is 11.6 Å². The van der Waals surface area contributed by atoms with Crippen LogP contribution in [-0.4, -0.2) is 20.4 Å². The first-order valence-corrected chi connectivity index (χ1v) is 6.39. The van der Waals surface area contributed by atoms with Crippen molar-refractivity contribution in [3.8, 4) is 5.88 Å². The number of aromatic hydroxyl groups is 1. The second-order valence-corrected chi connectivity index (χ2v) is 4.90. The number of rotatable bonds is 2. The SMILES string of the molecule is Cn1cc(C(=O)c2ccccc2Cl)c2ccnc(O)c21. The van der Waals surface area contributed by atoms with Gasteiger partial charge in [-0.1, -0.05) is 23.7 Å². The van der Waals surface area contributed by atoms with Crippen LogP contribution in [0.25, 0.3) is 10.9 Å². The molecule has 0 atom stereocenters. The van der Waals surface area contributed by atoms with Crippen LogP contribution in [0.3, 0.4) is 0 Å². The van der Waals surface area contributed by atoms with Crippen LogP contribution in [-0.2, 0) is 7.05 Å². The summed E-state index contributed by atoms with van der Waals surface area (Å²) < 4.78 is 1.68. The lowest BCUT2D eigenvalue weighted by Crippen LogP contribution is -2.01. The van der Waals surface area contributed by atoms with Gasteiger partial charge in [0, 0.05) is 36.0 Å². The number of halogens is 1. The summed E-state index contributed by atoms with van der Waals surface area (Å²) in [5, 5.41) is 10.9. The van der Waals surface area contributed by atoms with Crippen LogP contribution in [0.5, 0.6) is 5.88 Å². The highest BCUT2D eigenvalue weighted by Crippen LogP contribution is 2.29. The van der Waals surface area contributed by atoms with Gasteiger partial charge in [-0.2, -0.15) is 0 Å². The Hall–Kier alpha value is -2.33. The number of carbonyl (C=O) groups excluding carboxylic acids is 1. The van der Waals surface area contributed by atoms with E-state index in [4.69, 9.17) is 11.6 Å². The standard InChI is InChI=1S/C15H11ClN2O2/c1-18-8-11(9-6-7-17-15(20)13(9)18)14(19)10-4-2-3-5-12(10)16/h2-8H,1H3,(H,17,20). The van der Waals surface area contributed by atoms with Crippen molar-refractivity contribution in [2.45, 2.75) is 0 Å². The second kappa shape index (κ2) is 4.65. The van der Waals surface area contributed by atoms with E-state index < -0.39 is 0 Å². The van der Waals surface area contributed by atoms with E-state index in [2.05, 4.69) is 4.98 Å². The van der Waals surface area contributed by atoms with Gasteiger partial charge in [0.15, 0.2) is 5.78 Å². The second-order valence-electron chi connectivity index (χ2n) is 4.49. The zero-order valence-corrected chi connectivity index (χ0v) is 11.4. The third kappa shape index (κ3) is 1.85. The molecule has 0 saturated heterocycles. The molecule has 0 aliphatic heterocycles. The van der Waals surface area contributed by atoms with E-state index >= 15 is 0 Å². The molecular weight excluding hydrogens is 276 g/mol. The maximum Gasteiger partial charge on any atom is 0.236 e. The zero-order chi connectivity index (χ0) is 14.3. The van der Waals surface area contributed by atoms with Gasteiger partial charge in [0.05, 0.1) is 5.02 Å². The lowest BCUT2D eigenvalue weighted by Gasteiger charge is -2.02. The Morgan fingerprint density at radius 1 is 1.25 bits per heavy atom. The summed E-state index contributed by atoms with van der Waals surface area (Å²) in [6.45, 7) is 0. The Bertz CT molecular complexity index is 824. The topological polar surface area (TPSA) is 55.1 Å². The number of pyridine rings is 1. The molecule has 0 spiro atoms. The van der Waals surface area contributed by atoms with Crippen molar-refractivity contribution in [3.63, 3.8) is 0 Å². The van der Waals surface area contributed by atoms with Crippen molar-refractivity contribution >= 4 is 28.3 Å². The molecule has 5 heteroatoms. The minimum Gasteiger partial charge on any atom is -0.492 e. The Labute approximate surface area is 120 Å². The highest BCUT2D eigenvalue weighted by Gasteiger charge is 2.19. The lowest BCUT2D eigenvalue weighted by atomic mass is 10.0. The molecule has 0 bridgehead atoms. The lowest BCUT2D eigenvalue weighted by molar-refractivity contribution is 0.104. The Morgan fingerprint density at radius 3 is 2.75 bits per heavy atom. The van der Waals surface area contributed by atoms with Gasteiger partial charge < -0.3 is 9.67 Å². The normalized spacial score (nSPS) is 10.9. The van der Waals surface area contributed by atoms with E-state index in [1.807, 2.05) is 0 Å². The van der Waals surface area contributed by atoms with Gasteiger partial charge in [-0.25, -0.2) is 4.98 Å². The van der Waals surface area contributed by atoms with Gasteiger partial charge in [0.1, 0.15) is 5.52 Å². The smallest absolute Gasteiger partial charge is 0.236 e. The van der Waals surface area contributed by atoms with E-state index in [-0.39, 0.29) is 11.7 Å². The van der Waals surface area contributed by atoms with E-state index in [0.29, 0.717) is 27.1 Å². The molecule has 2 aromatic heterocycles. The van der Waals surface area contributed by atoms with Gasteiger partial charge in [0.2, 0.25) is 5.88 Å². The van der Waals surface area contributed by atoms with Crippen molar-refractivity contribution in [2.24, 2.45) is 7.05 Å². The van der Waals surface area contributed by atoms with Crippen LogP contribution in [0, 0.1) is 0 Å². The third-order valence-electron chi connectivity index (χ3n) is 3.23. The third-order valence-corrected chi connectivity index (χ3v) is 3.56. The number of carbonyl (C=O) groups is 1. The van der Waals surface area contributed by atoms with Crippen molar-refractivity contribution in [3.05, 3.63) is 58.9 Å². The number of ketones is 1. The van der Waals surface area contributed by atoms with Crippen LogP contribution in [0.4, 0.5) is 0 Å². The first-order chi connectivity index (χ1) is 9.59. The molecule has 0 fully saturated rings. The van der Waals surface area contributed by atoms with Crippen molar-refractivity contribution in [1.29, 1.82) is 0 Å². The number of aryl methyl sites for hydroxylation is 1. The van der Waals surface area contributed by atoms with Crippen LogP contribution < -0.4 is 0 Å². The Kier molecular flexibility index (Phi) is 2.95. The molecule has 0 saturated carbocycles. The number of nitrogens with zero attached hydrogens (tertiary/aromatic N) is 2. The molecule has 0 amide bonds. The number of hydrogen-bond donors (Lipinski definition) is 1. The first-order valence-electron chi connectivity index (χ1n) is 6.02. The van der Waals surface area contributed by atoms with Crippen molar-refractivity contribution < 1.29 is 9.90 Å². The highest BCUT2D eigenvalue weighted by atomic mass is 35.5. The van der Waals surface area contributed by atoms with E-state index in [9.17, 15) is 9.90 Å². The molecule has 0 radical (unpaired) electrons. The van der Waals surface area contributed by atoms with Gasteiger partial charge in [-0.05, 0) is 18.2 Å². The number of fused-ring (bicyclic) bond motifs is 1. The molecule has 1 N–H and O–H groups in total. The molecule has 1 aromatic carbocycles. The fourth-order valence-corrected chi connectivity index (χ4v) is 2.53. The summed E-state index contributed by atoms with van der Waals surface area (Å²) in [4.78, 5) is 16.4. The zero-order valence-electron chi connectivity index (χ0n) is 10.7. The summed E-state index contributed by atoms with van der Waals surface area (Å²) in [6, 6.07) is 8.61. The molecule has 100 valence electrons. The first kappa shape index (κ1) is 12.7. The molecule has 20 heavy (non-hydrogen) atoms. The van der Waals surface area contributed by atoms with Crippen LogP contribution in [0.2, 0.25) is 5.02 Å². The van der Waals surface area contributed by atoms with E-state index in [0.717, 1.165) is 0 Å². The van der Waals surface area contributed by atoms with Gasteiger partial charge in [0.25, 0.3) is 0 Å². The van der Waals surface area contributed by atoms with Gasteiger partial charge in [-0.15, -0.1) is 0 Å². The van der Waals surface area contributed by atoms with E-state index in [1.54, 1.807) is 48.1 Å². The summed E-state index contributed by atoms with van der Waals surface area (Å²) in [6.07, 6.45) is 3.15. The molecule has 2 heterocycles. The monoisotopic (exact) mass is 286 g/mol. The maximum atomic E-state index is 12.6. The molecule has 0 unspecified atom stereocenters. The summed E-state index contributed by atoms with van der Waals surface area (Å²) in [5.41, 5.74) is 1.47. The Balaban J connectivity index is 2.24. The molecule has 3 aromatic rings. The molecular formula is C15H11ClN2O2. The molecule has 3 rings (SSSR count). The van der Waals surface area contributed by atoms with Crippen molar-refractivity contribution in [2.75, 3.05) is 0 Å². The number of aromatic nitrogens is 2. The average Bonchev–Trinajstić information content (AvgIpc) is 2.77. The Morgan fingerprint density at radius 2 is 2.00 bits per heavy atom. The largest absolute Gasteiger partial charge is 0.492 e. The summed E-state index contributed by atoms with van der Waals surface area (Å²) in [5.74, 6) is -0.269. The highest BCUT2D eigenvalue weighted by molar-refractivity contribution is 6.35. The minimum atomic E-state index is -0.174. The minimum absolute atomic E-state index is 0.0943. The number of hydrogen-bond acceptors (Lipinski definition) is 3. The maximum absolute atomic E-state index is 12.6. The van der Waals surface area contributed by atoms with Crippen molar-refractivity contribution in [1.82, 2.24) is 9.55 Å². The van der Waals surface area contributed by atoms with Crippen LogP contribution in [0.15, 0.2) is 42.7 Å². The van der Waals surface area contributed by atoms with E-state index in [1.165, 1.54) is 6.20 Å². The van der Waals surface area contributed by atoms with Crippen LogP contribution in [0.1, 0.15) is 15.9 Å². The van der Waals surface area contributed by atoms with Gasteiger partial charge >= 0.3 is 0 Å². The fourth-order valence-electron chi connectivity index (χ4n) is 2.31. The average molecular weight is 287 g/mol. The fraction of sp³-hybridized carbons (Fsp3) is 0.0667. The predicted octanol–water partition coefficient (Wildman–Crippen LogP) is 3.16. The number of benzene rings is 1. The molecule has 0 aliphatic rings. The molecule has 4 nitrogen and oxygen atoms in total. The molecule has 0 aliphatic carbocycles. The summed E-state index contributed by atoms with van der Waals surface area (Å²) in [7, 11) is 1.76. The quantitative estimate of drug-likeness (QED) is 0.736. The van der Waals surface area contributed by atoms with Gasteiger partial charge in [-0.3, -0.25) is 4.79 Å². The predicted molar refractivity (Wildman–Crippen MR) is 77.3 cm³/mol. The summed E-state index contributed by atoms with van der Waals surface area (Å²) >= 11 is 6.07.